The SMILES string of the molecule is CC[C@@H](CO)N1C(=O)[C@H]2[C@@H]3C(=O)O[C@H](c4ccccc4)[C@@H](C)NC(=O)CC/C=C\CN(c4cc(C)ccc4C)C(=O)[C@H]1[C@@]21C=C[C@@H]3O1. The molecule has 4 aliphatic heterocycles. The highest BCUT2D eigenvalue weighted by atomic mass is 16.6. The number of likely N-dealkylation sites (tertiary alicyclic amines) is 1. The van der Waals surface area contributed by atoms with Gasteiger partial charge in [0.2, 0.25) is 11.8 Å². The first-order valence-corrected chi connectivity index (χ1v) is 16.5. The number of allylic oxidation sites excluding steroid dienone is 1. The Kier molecular flexibility index (Phi) is 9.09. The number of ether oxygens (including phenoxy) is 2. The lowest BCUT2D eigenvalue weighted by Crippen LogP contribution is -2.58. The molecule has 2 saturated heterocycles. The number of fused-ring (bicyclic) bond motifs is 2. The van der Waals surface area contributed by atoms with E-state index in [0.717, 1.165) is 11.1 Å². The van der Waals surface area contributed by atoms with E-state index in [1.54, 1.807) is 24.0 Å². The molecule has 2 fully saturated rings. The number of hydrogen-bond donors (Lipinski definition) is 2. The van der Waals surface area contributed by atoms with Crippen molar-refractivity contribution in [2.45, 2.75) is 82.9 Å². The van der Waals surface area contributed by atoms with E-state index in [9.17, 15) is 19.5 Å². The van der Waals surface area contributed by atoms with Crippen molar-refractivity contribution in [3.63, 3.8) is 0 Å². The Morgan fingerprint density at radius 3 is 2.53 bits per heavy atom. The summed E-state index contributed by atoms with van der Waals surface area (Å²) >= 11 is 0. The van der Waals surface area contributed by atoms with Crippen molar-refractivity contribution in [3.8, 4) is 0 Å². The standard InChI is InChI=1S/C37H43N3O7/c1-5-26(21-41)40-33-35(44)39(27-20-22(2)15-16-23(27)3)19-11-7-10-14-29(42)38-24(4)32(25-12-8-6-9-13-25)46-36(45)30-28-17-18-37(33,47-28)31(30)34(40)43/h6-9,11-13,15-18,20,24,26,28,30-33,41H,5,10,14,19,21H2,1-4H3,(H,38,42)/b11-7-/t24-,26+,28+,30-,31-,32+,33+,37-/m1/s1. The molecule has 47 heavy (non-hydrogen) atoms. The second kappa shape index (κ2) is 13.1. The number of anilines is 1. The predicted octanol–water partition coefficient (Wildman–Crippen LogP) is 3.70. The molecule has 10 nitrogen and oxygen atoms in total. The molecule has 10 heteroatoms. The summed E-state index contributed by atoms with van der Waals surface area (Å²) in [6.07, 6.45) is 6.67. The minimum absolute atomic E-state index is 0.186. The fourth-order valence-electron chi connectivity index (χ4n) is 7.65. The van der Waals surface area contributed by atoms with E-state index >= 15 is 4.79 Å². The molecular weight excluding hydrogens is 598 g/mol. The number of nitrogens with one attached hydrogen (secondary N) is 1. The van der Waals surface area contributed by atoms with E-state index in [0.29, 0.717) is 24.1 Å². The average Bonchev–Trinajstić information content (AvgIpc) is 3.71. The zero-order chi connectivity index (χ0) is 33.5. The number of aliphatic hydroxyl groups is 1. The van der Waals surface area contributed by atoms with Crippen LogP contribution in [-0.2, 0) is 28.7 Å². The first-order valence-electron chi connectivity index (χ1n) is 16.5. The van der Waals surface area contributed by atoms with Crippen LogP contribution in [0.3, 0.4) is 0 Å². The second-order valence-corrected chi connectivity index (χ2v) is 13.1. The predicted molar refractivity (Wildman–Crippen MR) is 175 cm³/mol. The van der Waals surface area contributed by atoms with Gasteiger partial charge in [0, 0.05) is 18.7 Å². The number of aliphatic hydroxyl groups excluding tert-OH is 1. The van der Waals surface area contributed by atoms with Crippen molar-refractivity contribution in [3.05, 3.63) is 89.5 Å². The van der Waals surface area contributed by atoms with Gasteiger partial charge in [-0.25, -0.2) is 0 Å². The minimum Gasteiger partial charge on any atom is -0.455 e. The summed E-state index contributed by atoms with van der Waals surface area (Å²) < 4.78 is 12.8. The van der Waals surface area contributed by atoms with E-state index < -0.39 is 59.6 Å². The largest absolute Gasteiger partial charge is 0.455 e. The second-order valence-electron chi connectivity index (χ2n) is 13.1. The lowest BCUT2D eigenvalue weighted by atomic mass is 9.74. The molecule has 2 aromatic carbocycles. The monoisotopic (exact) mass is 641 g/mol. The Balaban J connectivity index is 1.48. The molecular formula is C37H43N3O7. The van der Waals surface area contributed by atoms with Gasteiger partial charge in [0.05, 0.1) is 30.7 Å². The normalized spacial score (nSPS) is 32.3. The molecule has 4 heterocycles. The van der Waals surface area contributed by atoms with E-state index in [1.165, 1.54) is 4.90 Å². The molecule has 248 valence electrons. The van der Waals surface area contributed by atoms with Gasteiger partial charge >= 0.3 is 5.97 Å². The Labute approximate surface area is 275 Å². The number of aryl methyl sites for hydroxylation is 2. The molecule has 4 aliphatic rings. The van der Waals surface area contributed by atoms with Gasteiger partial charge in [-0.15, -0.1) is 0 Å². The van der Waals surface area contributed by atoms with Crippen LogP contribution in [0.25, 0.3) is 0 Å². The summed E-state index contributed by atoms with van der Waals surface area (Å²) in [5.74, 6) is -3.69. The number of hydrogen-bond acceptors (Lipinski definition) is 7. The highest BCUT2D eigenvalue weighted by Crippen LogP contribution is 2.56. The summed E-state index contributed by atoms with van der Waals surface area (Å²) in [5, 5.41) is 13.5. The maximum atomic E-state index is 15.0. The number of benzene rings is 2. The molecule has 6 rings (SSSR count). The summed E-state index contributed by atoms with van der Waals surface area (Å²) in [6, 6.07) is 12.7. The minimum atomic E-state index is -1.43. The molecule has 0 aromatic heterocycles. The smallest absolute Gasteiger partial charge is 0.313 e. The molecule has 5 bridgehead atoms. The van der Waals surface area contributed by atoms with Crippen LogP contribution in [0.5, 0.6) is 0 Å². The van der Waals surface area contributed by atoms with Gasteiger partial charge < -0.3 is 29.7 Å². The van der Waals surface area contributed by atoms with Crippen molar-refractivity contribution >= 4 is 29.4 Å². The van der Waals surface area contributed by atoms with Gasteiger partial charge in [0.15, 0.2) is 0 Å². The van der Waals surface area contributed by atoms with Crippen LogP contribution >= 0.6 is 0 Å². The maximum Gasteiger partial charge on any atom is 0.313 e. The third-order valence-electron chi connectivity index (χ3n) is 10.0. The topological polar surface area (TPSA) is 125 Å². The van der Waals surface area contributed by atoms with Crippen molar-refractivity contribution in [2.75, 3.05) is 18.1 Å². The number of esters is 1. The average molecular weight is 642 g/mol. The van der Waals surface area contributed by atoms with Crippen LogP contribution in [0.15, 0.2) is 72.8 Å². The summed E-state index contributed by atoms with van der Waals surface area (Å²) in [4.78, 5) is 59.9. The molecule has 2 aromatic rings. The van der Waals surface area contributed by atoms with Crippen LogP contribution in [0.1, 0.15) is 55.9 Å². The number of cyclic esters (lactones) is 1. The molecule has 0 aliphatic carbocycles. The van der Waals surface area contributed by atoms with Crippen molar-refractivity contribution in [1.29, 1.82) is 0 Å². The summed E-state index contributed by atoms with van der Waals surface area (Å²) in [6.45, 7) is 7.35. The molecule has 0 saturated carbocycles. The number of rotatable bonds is 5. The number of amides is 3. The molecule has 2 N–H and O–H groups in total. The van der Waals surface area contributed by atoms with Crippen molar-refractivity contribution in [2.24, 2.45) is 11.8 Å². The maximum absolute atomic E-state index is 15.0. The third kappa shape index (κ3) is 5.67. The fourth-order valence-corrected chi connectivity index (χ4v) is 7.65. The highest BCUT2D eigenvalue weighted by molar-refractivity contribution is 6.05. The quantitative estimate of drug-likeness (QED) is 0.377. The lowest BCUT2D eigenvalue weighted by Gasteiger charge is -2.39. The van der Waals surface area contributed by atoms with Gasteiger partial charge in [-0.05, 0) is 56.4 Å². The van der Waals surface area contributed by atoms with Crippen LogP contribution < -0.4 is 10.2 Å². The number of carbonyl (C=O) groups excluding carboxylic acids is 4. The van der Waals surface area contributed by atoms with E-state index in [1.807, 2.05) is 81.5 Å². The number of carbonyl (C=O) groups is 4. The third-order valence-corrected chi connectivity index (χ3v) is 10.0. The van der Waals surface area contributed by atoms with Gasteiger partial charge in [-0.1, -0.05) is 73.7 Å². The molecule has 8 atom stereocenters. The van der Waals surface area contributed by atoms with Gasteiger partial charge in [0.1, 0.15) is 23.7 Å². The molecule has 0 unspecified atom stereocenters. The van der Waals surface area contributed by atoms with E-state index in [2.05, 4.69) is 5.32 Å². The van der Waals surface area contributed by atoms with Crippen molar-refractivity contribution in [1.82, 2.24) is 10.2 Å². The van der Waals surface area contributed by atoms with Crippen molar-refractivity contribution < 1.29 is 33.8 Å². The van der Waals surface area contributed by atoms with Crippen LogP contribution in [0.2, 0.25) is 0 Å². The fraction of sp³-hybridized carbons (Fsp3) is 0.459. The van der Waals surface area contributed by atoms with Crippen LogP contribution in [0.4, 0.5) is 5.69 Å². The Hall–Kier alpha value is -4.28. The van der Waals surface area contributed by atoms with Crippen LogP contribution in [-0.4, -0.2) is 76.7 Å². The molecule has 1 spiro atoms. The van der Waals surface area contributed by atoms with E-state index in [4.69, 9.17) is 9.47 Å². The molecule has 3 amide bonds. The summed E-state index contributed by atoms with van der Waals surface area (Å²) in [5.41, 5.74) is 1.79. The Morgan fingerprint density at radius 2 is 1.81 bits per heavy atom. The van der Waals surface area contributed by atoms with Crippen LogP contribution in [0, 0.1) is 25.7 Å². The summed E-state index contributed by atoms with van der Waals surface area (Å²) in [7, 11) is 0. The Bertz CT molecular complexity index is 1600. The van der Waals surface area contributed by atoms with E-state index in [-0.39, 0.29) is 31.4 Å². The highest BCUT2D eigenvalue weighted by Gasteiger charge is 2.74. The molecule has 0 radical (unpaired) electrons. The van der Waals surface area contributed by atoms with Gasteiger partial charge in [-0.3, -0.25) is 19.2 Å². The van der Waals surface area contributed by atoms with Gasteiger partial charge in [0.25, 0.3) is 5.91 Å². The first kappa shape index (κ1) is 32.7. The van der Waals surface area contributed by atoms with Gasteiger partial charge in [-0.2, -0.15) is 0 Å². The first-order chi connectivity index (χ1) is 22.6. The number of nitrogens with zero attached hydrogens (tertiary/aromatic N) is 2. The zero-order valence-corrected chi connectivity index (χ0v) is 27.3. The lowest BCUT2D eigenvalue weighted by molar-refractivity contribution is -0.161. The Morgan fingerprint density at radius 1 is 1.04 bits per heavy atom. The zero-order valence-electron chi connectivity index (χ0n) is 27.3.